The molecule has 1 fully saturated rings. The average Bonchev–Trinajstić information content (AvgIpc) is 3.27. The summed E-state index contributed by atoms with van der Waals surface area (Å²) in [7, 11) is -2.70. The van der Waals surface area contributed by atoms with Crippen molar-refractivity contribution in [3.8, 4) is 0 Å². The molecule has 0 bridgehead atoms. The molecule has 2 aromatic rings. The highest BCUT2D eigenvalue weighted by molar-refractivity contribution is 7.89. The summed E-state index contributed by atoms with van der Waals surface area (Å²) in [4.78, 5) is 26.8. The van der Waals surface area contributed by atoms with Crippen LogP contribution < -0.4 is 0 Å². The molecular weight excluding hydrogens is 439 g/mol. The summed E-state index contributed by atoms with van der Waals surface area (Å²) in [5.41, 5.74) is -1.05. The highest BCUT2D eigenvalue weighted by Gasteiger charge is 2.34. The van der Waals surface area contributed by atoms with Crippen molar-refractivity contribution in [3.05, 3.63) is 54.0 Å². The number of carbonyl (C=O) groups is 2. The first-order valence-electron chi connectivity index (χ1n) is 9.24. The van der Waals surface area contributed by atoms with Crippen molar-refractivity contribution in [3.63, 3.8) is 0 Å². The second-order valence-electron chi connectivity index (χ2n) is 6.95. The van der Waals surface area contributed by atoms with Crippen LogP contribution in [0.25, 0.3) is 0 Å². The van der Waals surface area contributed by atoms with Crippen LogP contribution in [0.15, 0.2) is 52.0 Å². The molecule has 1 aromatic carbocycles. The third kappa shape index (κ3) is 5.07. The van der Waals surface area contributed by atoms with Gasteiger partial charge in [-0.3, -0.25) is 9.59 Å². The molecule has 0 saturated carbocycles. The molecule has 0 N–H and O–H groups in total. The number of amides is 2. The van der Waals surface area contributed by atoms with E-state index < -0.39 is 32.6 Å². The normalized spacial score (nSPS) is 15.7. The second kappa shape index (κ2) is 8.71. The van der Waals surface area contributed by atoms with Gasteiger partial charge in [-0.1, -0.05) is 6.07 Å². The third-order valence-electron chi connectivity index (χ3n) is 4.84. The molecule has 1 saturated heterocycles. The number of likely N-dealkylation sites (N-methyl/N-ethyl adjacent to an activating group) is 1. The Hall–Kier alpha value is -2.86. The van der Waals surface area contributed by atoms with E-state index in [1.807, 2.05) is 0 Å². The number of halogens is 3. The number of hydrogen-bond donors (Lipinski definition) is 0. The first-order chi connectivity index (χ1) is 14.5. The lowest BCUT2D eigenvalue weighted by molar-refractivity contribution is -0.137. The molecule has 168 valence electrons. The van der Waals surface area contributed by atoms with Crippen molar-refractivity contribution >= 4 is 21.8 Å². The van der Waals surface area contributed by atoms with E-state index in [0.717, 1.165) is 22.5 Å². The van der Waals surface area contributed by atoms with Crippen LogP contribution in [0.3, 0.4) is 0 Å². The molecule has 8 nitrogen and oxygen atoms in total. The van der Waals surface area contributed by atoms with E-state index in [9.17, 15) is 31.2 Å². The molecule has 0 radical (unpaired) electrons. The third-order valence-corrected chi connectivity index (χ3v) is 6.74. The zero-order valence-corrected chi connectivity index (χ0v) is 17.3. The number of rotatable bonds is 5. The Balaban J connectivity index is 1.61. The highest BCUT2D eigenvalue weighted by Crippen LogP contribution is 2.31. The van der Waals surface area contributed by atoms with Gasteiger partial charge in [0.25, 0.3) is 5.91 Å². The smallest absolute Gasteiger partial charge is 0.416 e. The fraction of sp³-hybridized carbons (Fsp3) is 0.368. The Morgan fingerprint density at radius 1 is 1.10 bits per heavy atom. The quantitative estimate of drug-likeness (QED) is 0.681. The van der Waals surface area contributed by atoms with Gasteiger partial charge in [-0.05, 0) is 30.3 Å². The Morgan fingerprint density at radius 3 is 2.35 bits per heavy atom. The van der Waals surface area contributed by atoms with Gasteiger partial charge in [-0.25, -0.2) is 8.42 Å². The number of alkyl halides is 3. The minimum Gasteiger partial charge on any atom is -0.459 e. The molecule has 1 aromatic heterocycles. The number of hydrogen-bond acceptors (Lipinski definition) is 5. The van der Waals surface area contributed by atoms with Crippen molar-refractivity contribution in [1.82, 2.24) is 14.1 Å². The molecular formula is C19H20F3N3O5S. The molecule has 3 rings (SSSR count). The first kappa shape index (κ1) is 22.8. The predicted molar refractivity (Wildman–Crippen MR) is 102 cm³/mol. The Labute approximate surface area is 176 Å². The fourth-order valence-electron chi connectivity index (χ4n) is 3.12. The number of carbonyl (C=O) groups excluding carboxylic acids is 2. The maximum atomic E-state index is 12.9. The molecule has 1 aliphatic rings. The average molecular weight is 459 g/mol. The van der Waals surface area contributed by atoms with E-state index in [1.165, 1.54) is 29.2 Å². The standard InChI is InChI=1S/C19H20F3N3O5S/c1-23(18(27)16-6-3-11-30-16)13-17(26)24-7-9-25(10-8-24)31(28,29)15-5-2-4-14(12-15)19(20,21)22/h2-6,11-12H,7-10,13H2,1H3. The van der Waals surface area contributed by atoms with Gasteiger partial charge in [0.1, 0.15) is 0 Å². The molecule has 0 atom stereocenters. The Bertz CT molecular complexity index is 1050. The van der Waals surface area contributed by atoms with Gasteiger partial charge in [-0.2, -0.15) is 17.5 Å². The largest absolute Gasteiger partial charge is 0.459 e. The van der Waals surface area contributed by atoms with Crippen LogP contribution in [-0.2, 0) is 21.0 Å². The van der Waals surface area contributed by atoms with Crippen LogP contribution in [0.5, 0.6) is 0 Å². The van der Waals surface area contributed by atoms with Gasteiger partial charge in [0, 0.05) is 33.2 Å². The van der Waals surface area contributed by atoms with E-state index in [1.54, 1.807) is 6.07 Å². The molecule has 1 aliphatic heterocycles. The minimum absolute atomic E-state index is 0.0554. The SMILES string of the molecule is CN(CC(=O)N1CCN(S(=O)(=O)c2cccc(C(F)(F)F)c2)CC1)C(=O)c1ccco1. The number of nitrogens with zero attached hydrogens (tertiary/aromatic N) is 3. The summed E-state index contributed by atoms with van der Waals surface area (Å²) in [5, 5.41) is 0. The monoisotopic (exact) mass is 459 g/mol. The Kier molecular flexibility index (Phi) is 6.41. The van der Waals surface area contributed by atoms with E-state index >= 15 is 0 Å². The number of piperazine rings is 1. The summed E-state index contributed by atoms with van der Waals surface area (Å²) in [5.74, 6) is -0.755. The summed E-state index contributed by atoms with van der Waals surface area (Å²) < 4.78 is 70.2. The molecule has 31 heavy (non-hydrogen) atoms. The van der Waals surface area contributed by atoms with Crippen LogP contribution >= 0.6 is 0 Å². The first-order valence-corrected chi connectivity index (χ1v) is 10.7. The molecule has 0 spiro atoms. The summed E-state index contributed by atoms with van der Waals surface area (Å²) in [6.07, 6.45) is -3.32. The maximum Gasteiger partial charge on any atom is 0.416 e. The topological polar surface area (TPSA) is 91.1 Å². The highest BCUT2D eigenvalue weighted by atomic mass is 32.2. The van der Waals surface area contributed by atoms with E-state index in [4.69, 9.17) is 4.42 Å². The zero-order chi connectivity index (χ0) is 22.8. The van der Waals surface area contributed by atoms with Crippen molar-refractivity contribution < 1.29 is 35.6 Å². The van der Waals surface area contributed by atoms with Crippen molar-refractivity contribution in [2.45, 2.75) is 11.1 Å². The lowest BCUT2D eigenvalue weighted by Gasteiger charge is -2.34. The van der Waals surface area contributed by atoms with Crippen LogP contribution in [0, 0.1) is 0 Å². The van der Waals surface area contributed by atoms with Crippen molar-refractivity contribution in [2.75, 3.05) is 39.8 Å². The summed E-state index contributed by atoms with van der Waals surface area (Å²) in [6.45, 7) is -0.250. The van der Waals surface area contributed by atoms with E-state index in [2.05, 4.69) is 0 Å². The van der Waals surface area contributed by atoms with Gasteiger partial charge in [0.2, 0.25) is 15.9 Å². The predicted octanol–water partition coefficient (Wildman–Crippen LogP) is 1.90. The lowest BCUT2D eigenvalue weighted by atomic mass is 10.2. The van der Waals surface area contributed by atoms with E-state index in [-0.39, 0.29) is 44.4 Å². The molecule has 2 heterocycles. The van der Waals surface area contributed by atoms with Crippen LogP contribution in [-0.4, -0.2) is 74.1 Å². The van der Waals surface area contributed by atoms with Gasteiger partial charge < -0.3 is 14.2 Å². The number of furan rings is 1. The Morgan fingerprint density at radius 2 is 1.77 bits per heavy atom. The minimum atomic E-state index is -4.66. The molecule has 0 unspecified atom stereocenters. The lowest BCUT2D eigenvalue weighted by Crippen LogP contribution is -2.52. The van der Waals surface area contributed by atoms with Gasteiger partial charge in [0.15, 0.2) is 5.76 Å². The fourth-order valence-corrected chi connectivity index (χ4v) is 4.59. The van der Waals surface area contributed by atoms with E-state index in [0.29, 0.717) is 6.07 Å². The van der Waals surface area contributed by atoms with Crippen molar-refractivity contribution in [2.24, 2.45) is 0 Å². The molecule has 0 aliphatic carbocycles. The van der Waals surface area contributed by atoms with Gasteiger partial charge >= 0.3 is 6.18 Å². The molecule has 12 heteroatoms. The number of benzene rings is 1. The van der Waals surface area contributed by atoms with Crippen LogP contribution in [0.4, 0.5) is 13.2 Å². The summed E-state index contributed by atoms with van der Waals surface area (Å²) in [6, 6.07) is 6.57. The van der Waals surface area contributed by atoms with Gasteiger partial charge in [-0.15, -0.1) is 0 Å². The summed E-state index contributed by atoms with van der Waals surface area (Å²) >= 11 is 0. The second-order valence-corrected chi connectivity index (χ2v) is 8.89. The zero-order valence-electron chi connectivity index (χ0n) is 16.5. The van der Waals surface area contributed by atoms with Crippen molar-refractivity contribution in [1.29, 1.82) is 0 Å². The van der Waals surface area contributed by atoms with Crippen LogP contribution in [0.1, 0.15) is 16.1 Å². The maximum absolute atomic E-state index is 12.9. The van der Waals surface area contributed by atoms with Crippen LogP contribution in [0.2, 0.25) is 0 Å². The molecule has 2 amide bonds. The van der Waals surface area contributed by atoms with Gasteiger partial charge in [0.05, 0.1) is 23.3 Å². The number of sulfonamides is 1.